The lowest BCUT2D eigenvalue weighted by molar-refractivity contribution is -0.119. The van der Waals surface area contributed by atoms with Crippen molar-refractivity contribution < 1.29 is 4.79 Å². The smallest absolute Gasteiger partial charge is 0.234 e. The van der Waals surface area contributed by atoms with Crippen LogP contribution in [-0.2, 0) is 11.3 Å². The summed E-state index contributed by atoms with van der Waals surface area (Å²) in [5.41, 5.74) is 6.01. The topological polar surface area (TPSA) is 85.8 Å². The lowest BCUT2D eigenvalue weighted by atomic mass is 9.87. The van der Waals surface area contributed by atoms with E-state index >= 15 is 0 Å². The van der Waals surface area contributed by atoms with Crippen LogP contribution in [0.2, 0.25) is 0 Å². The Morgan fingerprint density at radius 1 is 1.50 bits per heavy atom. The molecule has 1 saturated carbocycles. The molecule has 6 heteroatoms. The first kappa shape index (κ1) is 13.0. The van der Waals surface area contributed by atoms with Crippen LogP contribution in [-0.4, -0.2) is 27.4 Å². The minimum absolute atomic E-state index is 0.00858. The molecule has 1 heterocycles. The van der Waals surface area contributed by atoms with Gasteiger partial charge in [0.05, 0.1) is 25.3 Å². The molecule has 2 rings (SSSR count). The Morgan fingerprint density at radius 2 is 2.22 bits per heavy atom. The van der Waals surface area contributed by atoms with Gasteiger partial charge >= 0.3 is 0 Å². The number of aromatic nitrogens is 3. The Bertz CT molecular complexity index is 395. The van der Waals surface area contributed by atoms with E-state index in [1.54, 1.807) is 0 Å². The van der Waals surface area contributed by atoms with Crippen LogP contribution in [0.5, 0.6) is 0 Å². The van der Waals surface area contributed by atoms with Crippen molar-refractivity contribution in [3.63, 3.8) is 0 Å². The molecule has 0 aromatic carbocycles. The zero-order chi connectivity index (χ0) is 13.0. The van der Waals surface area contributed by atoms with Crippen molar-refractivity contribution in [2.75, 3.05) is 6.54 Å². The van der Waals surface area contributed by atoms with Crippen molar-refractivity contribution in [1.82, 2.24) is 20.3 Å². The highest BCUT2D eigenvalue weighted by Gasteiger charge is 2.20. The van der Waals surface area contributed by atoms with Crippen LogP contribution in [0.3, 0.4) is 0 Å². The predicted octanol–water partition coefficient (Wildman–Crippen LogP) is 0.604. The number of amides is 1. The van der Waals surface area contributed by atoms with Gasteiger partial charge in [0.1, 0.15) is 5.69 Å². The summed E-state index contributed by atoms with van der Waals surface area (Å²) < 4.78 is 1.94. The van der Waals surface area contributed by atoms with E-state index in [0.717, 1.165) is 11.6 Å². The summed E-state index contributed by atoms with van der Waals surface area (Å²) in [5, 5.41) is 10.9. The molecule has 1 aromatic rings. The molecule has 0 atom stereocenters. The Balaban J connectivity index is 1.87. The molecular formula is C12H21N5O. The minimum Gasteiger partial charge on any atom is -0.349 e. The molecular weight excluding hydrogens is 230 g/mol. The number of nitrogens with zero attached hydrogens (tertiary/aromatic N) is 3. The van der Waals surface area contributed by atoms with E-state index in [0.29, 0.717) is 12.6 Å². The fourth-order valence-corrected chi connectivity index (χ4v) is 2.34. The van der Waals surface area contributed by atoms with Crippen LogP contribution in [0.1, 0.15) is 44.3 Å². The second-order valence-electron chi connectivity index (χ2n) is 5.08. The summed E-state index contributed by atoms with van der Waals surface area (Å²) in [7, 11) is 0. The van der Waals surface area contributed by atoms with Gasteiger partial charge in [-0.1, -0.05) is 12.1 Å². The molecule has 1 amide bonds. The quantitative estimate of drug-likeness (QED) is 0.820. The summed E-state index contributed by atoms with van der Waals surface area (Å²) in [6.45, 7) is 2.71. The van der Waals surface area contributed by atoms with Crippen LogP contribution in [0.15, 0.2) is 6.20 Å². The van der Waals surface area contributed by atoms with E-state index < -0.39 is 0 Å². The molecule has 0 spiro atoms. The van der Waals surface area contributed by atoms with Gasteiger partial charge in [-0.2, -0.15) is 0 Å². The molecule has 100 valence electrons. The predicted molar refractivity (Wildman–Crippen MR) is 67.6 cm³/mol. The summed E-state index contributed by atoms with van der Waals surface area (Å²) >= 11 is 0. The first-order valence-electron chi connectivity index (χ1n) is 6.56. The Labute approximate surface area is 107 Å². The van der Waals surface area contributed by atoms with Crippen molar-refractivity contribution in [3.8, 4) is 0 Å². The number of carbonyl (C=O) groups is 1. The third-order valence-corrected chi connectivity index (χ3v) is 3.57. The monoisotopic (exact) mass is 251 g/mol. The van der Waals surface area contributed by atoms with Crippen molar-refractivity contribution in [2.45, 2.75) is 45.2 Å². The van der Waals surface area contributed by atoms with Gasteiger partial charge < -0.3 is 11.1 Å². The van der Waals surface area contributed by atoms with Crippen LogP contribution >= 0.6 is 0 Å². The average molecular weight is 251 g/mol. The van der Waals surface area contributed by atoms with E-state index in [1.807, 2.05) is 10.9 Å². The highest BCUT2D eigenvalue weighted by molar-refractivity contribution is 5.77. The van der Waals surface area contributed by atoms with Crippen molar-refractivity contribution in [2.24, 2.45) is 11.7 Å². The van der Waals surface area contributed by atoms with Crippen molar-refractivity contribution in [3.05, 3.63) is 11.9 Å². The van der Waals surface area contributed by atoms with Gasteiger partial charge in [0.2, 0.25) is 5.91 Å². The van der Waals surface area contributed by atoms with Crippen molar-refractivity contribution in [1.29, 1.82) is 0 Å². The van der Waals surface area contributed by atoms with Gasteiger partial charge in [0.15, 0.2) is 0 Å². The largest absolute Gasteiger partial charge is 0.349 e. The zero-order valence-electron chi connectivity index (χ0n) is 10.8. The second-order valence-corrected chi connectivity index (χ2v) is 5.08. The standard InChI is InChI=1S/C12H21N5O/c1-9-2-4-11(5-3-9)17-8-10(15-16-17)7-14-12(18)6-13/h8-9,11H,2-7,13H2,1H3,(H,14,18). The van der Waals surface area contributed by atoms with Gasteiger partial charge in [-0.3, -0.25) is 4.79 Å². The van der Waals surface area contributed by atoms with Gasteiger partial charge in [-0.25, -0.2) is 4.68 Å². The number of hydrogen-bond acceptors (Lipinski definition) is 4. The zero-order valence-corrected chi connectivity index (χ0v) is 10.8. The SMILES string of the molecule is CC1CCC(n2cc(CNC(=O)CN)nn2)CC1. The molecule has 0 aliphatic heterocycles. The lowest BCUT2D eigenvalue weighted by Gasteiger charge is -2.25. The fourth-order valence-electron chi connectivity index (χ4n) is 2.34. The Morgan fingerprint density at radius 3 is 2.89 bits per heavy atom. The number of nitrogens with one attached hydrogen (secondary N) is 1. The van der Waals surface area contributed by atoms with Crippen LogP contribution < -0.4 is 11.1 Å². The van der Waals surface area contributed by atoms with Gasteiger partial charge in [0.25, 0.3) is 0 Å². The summed E-state index contributed by atoms with van der Waals surface area (Å²) in [6, 6.07) is 0.465. The van der Waals surface area contributed by atoms with E-state index in [9.17, 15) is 4.79 Å². The van der Waals surface area contributed by atoms with E-state index in [2.05, 4.69) is 22.6 Å². The molecule has 1 aromatic heterocycles. The minimum atomic E-state index is -0.170. The molecule has 3 N–H and O–H groups in total. The molecule has 0 unspecified atom stereocenters. The first-order chi connectivity index (χ1) is 8.69. The number of nitrogens with two attached hydrogens (primary N) is 1. The normalized spacial score (nSPS) is 23.9. The highest BCUT2D eigenvalue weighted by atomic mass is 16.1. The lowest BCUT2D eigenvalue weighted by Crippen LogP contribution is -2.29. The molecule has 1 aliphatic rings. The van der Waals surface area contributed by atoms with Gasteiger partial charge in [-0.05, 0) is 31.6 Å². The number of rotatable bonds is 4. The third kappa shape index (κ3) is 3.29. The Hall–Kier alpha value is -1.43. The number of hydrogen-bond donors (Lipinski definition) is 2. The van der Waals surface area contributed by atoms with Crippen LogP contribution in [0.4, 0.5) is 0 Å². The van der Waals surface area contributed by atoms with Crippen LogP contribution in [0.25, 0.3) is 0 Å². The maximum Gasteiger partial charge on any atom is 0.234 e. The second kappa shape index (κ2) is 5.95. The van der Waals surface area contributed by atoms with Crippen LogP contribution in [0, 0.1) is 5.92 Å². The molecule has 0 saturated heterocycles. The first-order valence-corrected chi connectivity index (χ1v) is 6.56. The molecule has 6 nitrogen and oxygen atoms in total. The highest BCUT2D eigenvalue weighted by Crippen LogP contribution is 2.31. The maximum atomic E-state index is 11.0. The van der Waals surface area contributed by atoms with Crippen molar-refractivity contribution >= 4 is 5.91 Å². The molecule has 1 fully saturated rings. The fraction of sp³-hybridized carbons (Fsp3) is 0.750. The van der Waals surface area contributed by atoms with E-state index in [1.165, 1.54) is 25.7 Å². The third-order valence-electron chi connectivity index (χ3n) is 3.57. The van der Waals surface area contributed by atoms with E-state index in [-0.39, 0.29) is 12.5 Å². The summed E-state index contributed by atoms with van der Waals surface area (Å²) in [4.78, 5) is 11.0. The molecule has 18 heavy (non-hydrogen) atoms. The summed E-state index contributed by atoms with van der Waals surface area (Å²) in [6.07, 6.45) is 6.77. The molecule has 1 aliphatic carbocycles. The Kier molecular flexibility index (Phi) is 4.30. The van der Waals surface area contributed by atoms with Gasteiger partial charge in [-0.15, -0.1) is 5.10 Å². The number of carbonyl (C=O) groups excluding carboxylic acids is 1. The summed E-state index contributed by atoms with van der Waals surface area (Å²) in [5.74, 6) is 0.657. The van der Waals surface area contributed by atoms with E-state index in [4.69, 9.17) is 5.73 Å². The van der Waals surface area contributed by atoms with Gasteiger partial charge in [0, 0.05) is 0 Å². The molecule has 0 radical (unpaired) electrons. The maximum absolute atomic E-state index is 11.0. The molecule has 0 bridgehead atoms. The average Bonchev–Trinajstić information content (AvgIpc) is 2.85.